The van der Waals surface area contributed by atoms with Crippen LogP contribution in [-0.4, -0.2) is 25.5 Å². The quantitative estimate of drug-likeness (QED) is 0.515. The summed E-state index contributed by atoms with van der Waals surface area (Å²) >= 11 is 5.87. The summed E-state index contributed by atoms with van der Waals surface area (Å²) in [4.78, 5) is 23.9. The number of benzene rings is 2. The van der Waals surface area contributed by atoms with Crippen LogP contribution in [0.3, 0.4) is 0 Å². The van der Waals surface area contributed by atoms with E-state index in [0.29, 0.717) is 0 Å². The van der Waals surface area contributed by atoms with Crippen molar-refractivity contribution in [3.05, 3.63) is 58.4 Å². The van der Waals surface area contributed by atoms with E-state index in [9.17, 15) is 14.0 Å². The maximum absolute atomic E-state index is 13.1. The molecule has 0 aliphatic heterocycles. The lowest BCUT2D eigenvalue weighted by Crippen LogP contribution is -2.15. The van der Waals surface area contributed by atoms with Gasteiger partial charge >= 0.3 is 5.97 Å². The number of ether oxygens (including phenoxy) is 2. The van der Waals surface area contributed by atoms with Crippen LogP contribution < -0.4 is 10.5 Å². The monoisotopic (exact) mass is 337 g/mol. The molecule has 0 aliphatic rings. The second-order valence-corrected chi connectivity index (χ2v) is 4.99. The molecule has 0 radical (unpaired) electrons. The number of esters is 1. The van der Waals surface area contributed by atoms with Gasteiger partial charge in [-0.15, -0.1) is 0 Å². The fraction of sp³-hybridized carbons (Fsp3) is 0.125. The van der Waals surface area contributed by atoms with E-state index >= 15 is 0 Å². The summed E-state index contributed by atoms with van der Waals surface area (Å²) in [5, 5.41) is 0.161. The number of nitrogen functional groups attached to an aromatic ring is 1. The first-order valence-corrected chi connectivity index (χ1v) is 6.89. The van der Waals surface area contributed by atoms with Crippen molar-refractivity contribution in [1.82, 2.24) is 0 Å². The Morgan fingerprint density at radius 1 is 1.26 bits per heavy atom. The lowest BCUT2D eigenvalue weighted by Gasteiger charge is -2.10. The normalized spacial score (nSPS) is 10.2. The minimum Gasteiger partial charge on any atom is -0.496 e. The molecule has 2 N–H and O–H groups in total. The van der Waals surface area contributed by atoms with E-state index < -0.39 is 24.2 Å². The van der Waals surface area contributed by atoms with E-state index in [1.54, 1.807) is 0 Å². The Bertz CT molecular complexity index is 764. The Morgan fingerprint density at radius 2 is 2.00 bits per heavy atom. The number of methoxy groups -OCH3 is 1. The molecule has 0 aliphatic carbocycles. The van der Waals surface area contributed by atoms with Gasteiger partial charge in [-0.3, -0.25) is 4.79 Å². The Kier molecular flexibility index (Phi) is 5.18. The molecule has 2 aromatic carbocycles. The maximum atomic E-state index is 13.1. The van der Waals surface area contributed by atoms with Crippen molar-refractivity contribution < 1.29 is 23.5 Å². The van der Waals surface area contributed by atoms with Gasteiger partial charge in [0.1, 0.15) is 17.1 Å². The minimum atomic E-state index is -0.798. The topological polar surface area (TPSA) is 78.6 Å². The molecule has 120 valence electrons. The lowest BCUT2D eigenvalue weighted by atomic mass is 10.1. The first-order chi connectivity index (χ1) is 10.9. The lowest BCUT2D eigenvalue weighted by molar-refractivity contribution is 0.0471. The van der Waals surface area contributed by atoms with Crippen molar-refractivity contribution in [1.29, 1.82) is 0 Å². The number of anilines is 1. The number of carbonyl (C=O) groups is 2. The van der Waals surface area contributed by atoms with E-state index in [1.165, 1.54) is 37.4 Å². The van der Waals surface area contributed by atoms with Crippen molar-refractivity contribution in [2.75, 3.05) is 19.5 Å². The van der Waals surface area contributed by atoms with E-state index in [0.717, 1.165) is 6.07 Å². The number of Topliss-reactive ketones (excluding diaryl/α,β-unsaturated/α-hetero) is 1. The highest BCUT2D eigenvalue weighted by molar-refractivity contribution is 6.33. The average molecular weight is 338 g/mol. The number of carbonyl (C=O) groups excluding carboxylic acids is 2. The third kappa shape index (κ3) is 3.98. The van der Waals surface area contributed by atoms with Crippen LogP contribution in [-0.2, 0) is 4.74 Å². The molecule has 23 heavy (non-hydrogen) atoms. The first-order valence-electron chi connectivity index (χ1n) is 6.51. The third-order valence-electron chi connectivity index (χ3n) is 3.02. The van der Waals surface area contributed by atoms with Gasteiger partial charge in [0.25, 0.3) is 0 Å². The smallest absolute Gasteiger partial charge is 0.342 e. The maximum Gasteiger partial charge on any atom is 0.342 e. The molecule has 0 bridgehead atoms. The Morgan fingerprint density at radius 3 is 2.65 bits per heavy atom. The minimum absolute atomic E-state index is 0.0405. The SMILES string of the molecule is COc1cc(N)c(Cl)cc1C(=O)OCC(=O)c1cccc(F)c1. The molecule has 0 unspecified atom stereocenters. The molecule has 0 aromatic heterocycles. The number of halogens is 2. The highest BCUT2D eigenvalue weighted by atomic mass is 35.5. The summed E-state index contributed by atoms with van der Waals surface area (Å²) in [5.74, 6) is -1.70. The molecule has 0 atom stereocenters. The van der Waals surface area contributed by atoms with Gasteiger partial charge in [0.2, 0.25) is 0 Å². The van der Waals surface area contributed by atoms with Crippen LogP contribution in [0, 0.1) is 5.82 Å². The van der Waals surface area contributed by atoms with Gasteiger partial charge in [-0.1, -0.05) is 23.7 Å². The van der Waals surface area contributed by atoms with E-state index in [2.05, 4.69) is 0 Å². The highest BCUT2D eigenvalue weighted by Gasteiger charge is 2.18. The summed E-state index contributed by atoms with van der Waals surface area (Å²) < 4.78 is 23.0. The molecular formula is C16H13ClFNO4. The molecule has 2 aromatic rings. The van der Waals surface area contributed by atoms with Crippen LogP contribution in [0.1, 0.15) is 20.7 Å². The molecule has 0 heterocycles. The fourth-order valence-corrected chi connectivity index (χ4v) is 2.02. The zero-order chi connectivity index (χ0) is 17.0. The van der Waals surface area contributed by atoms with Crippen molar-refractivity contribution >= 4 is 29.0 Å². The standard InChI is InChI=1S/C16H13ClFNO4/c1-22-15-7-13(19)12(17)6-11(15)16(21)23-8-14(20)9-3-2-4-10(18)5-9/h2-7H,8,19H2,1H3. The zero-order valence-corrected chi connectivity index (χ0v) is 12.9. The number of ketones is 1. The average Bonchev–Trinajstić information content (AvgIpc) is 2.54. The van der Waals surface area contributed by atoms with Gasteiger partial charge in [-0.2, -0.15) is 0 Å². The van der Waals surface area contributed by atoms with Gasteiger partial charge < -0.3 is 15.2 Å². The molecule has 7 heteroatoms. The molecule has 0 saturated heterocycles. The largest absolute Gasteiger partial charge is 0.496 e. The molecular weight excluding hydrogens is 325 g/mol. The van der Waals surface area contributed by atoms with Gasteiger partial charge in [-0.05, 0) is 18.2 Å². The molecule has 0 amide bonds. The van der Waals surface area contributed by atoms with Gasteiger partial charge in [0.15, 0.2) is 12.4 Å². The molecule has 5 nitrogen and oxygen atoms in total. The molecule has 0 saturated carbocycles. The first kappa shape index (κ1) is 16.8. The Hall–Kier alpha value is -2.60. The number of hydrogen-bond acceptors (Lipinski definition) is 5. The predicted molar refractivity (Wildman–Crippen MR) is 83.4 cm³/mol. The van der Waals surface area contributed by atoms with Crippen LogP contribution in [0.15, 0.2) is 36.4 Å². The number of nitrogens with two attached hydrogens (primary N) is 1. The van der Waals surface area contributed by atoms with Crippen molar-refractivity contribution in [2.24, 2.45) is 0 Å². The van der Waals surface area contributed by atoms with Crippen molar-refractivity contribution in [3.63, 3.8) is 0 Å². The second-order valence-electron chi connectivity index (χ2n) is 4.58. The van der Waals surface area contributed by atoms with Gasteiger partial charge in [-0.25, -0.2) is 9.18 Å². The van der Waals surface area contributed by atoms with E-state index in [1.807, 2.05) is 0 Å². The van der Waals surface area contributed by atoms with E-state index in [4.69, 9.17) is 26.8 Å². The van der Waals surface area contributed by atoms with E-state index in [-0.39, 0.29) is 27.6 Å². The zero-order valence-electron chi connectivity index (χ0n) is 12.1. The molecule has 2 rings (SSSR count). The van der Waals surface area contributed by atoms with Crippen LogP contribution in [0.4, 0.5) is 10.1 Å². The summed E-state index contributed by atoms with van der Waals surface area (Å²) in [6.45, 7) is -0.534. The summed E-state index contributed by atoms with van der Waals surface area (Å²) in [6.07, 6.45) is 0. The van der Waals surface area contributed by atoms with Crippen LogP contribution in [0.25, 0.3) is 0 Å². The van der Waals surface area contributed by atoms with Gasteiger partial charge in [0, 0.05) is 11.6 Å². The van der Waals surface area contributed by atoms with Crippen molar-refractivity contribution in [3.8, 4) is 5.75 Å². The van der Waals surface area contributed by atoms with Gasteiger partial charge in [0.05, 0.1) is 17.8 Å². The summed E-state index contributed by atoms with van der Waals surface area (Å²) in [7, 11) is 1.36. The van der Waals surface area contributed by atoms with Crippen LogP contribution in [0.5, 0.6) is 5.75 Å². The number of rotatable bonds is 5. The van der Waals surface area contributed by atoms with Crippen molar-refractivity contribution in [2.45, 2.75) is 0 Å². The number of hydrogen-bond donors (Lipinski definition) is 1. The summed E-state index contributed by atoms with van der Waals surface area (Å²) in [5.41, 5.74) is 6.02. The predicted octanol–water partition coefficient (Wildman–Crippen LogP) is 3.11. The Labute approximate surface area is 136 Å². The van der Waals surface area contributed by atoms with Crippen LogP contribution >= 0.6 is 11.6 Å². The second kappa shape index (κ2) is 7.11. The fourth-order valence-electron chi connectivity index (χ4n) is 1.85. The highest BCUT2D eigenvalue weighted by Crippen LogP contribution is 2.29. The molecule has 0 spiro atoms. The Balaban J connectivity index is 2.11. The third-order valence-corrected chi connectivity index (χ3v) is 3.35. The summed E-state index contributed by atoms with van der Waals surface area (Å²) in [6, 6.07) is 7.78. The van der Waals surface area contributed by atoms with Crippen LogP contribution in [0.2, 0.25) is 5.02 Å². The molecule has 0 fully saturated rings.